The minimum Gasteiger partial charge on any atom is -0.484 e. The van der Waals surface area contributed by atoms with Gasteiger partial charge in [-0.05, 0) is 24.5 Å². The van der Waals surface area contributed by atoms with E-state index in [0.717, 1.165) is 48.1 Å². The lowest BCUT2D eigenvalue weighted by Gasteiger charge is -2.00. The van der Waals surface area contributed by atoms with Crippen LogP contribution in [0.3, 0.4) is 0 Å². The molecule has 0 N–H and O–H groups in total. The van der Waals surface area contributed by atoms with E-state index in [4.69, 9.17) is 4.74 Å². The van der Waals surface area contributed by atoms with Crippen molar-refractivity contribution in [3.05, 3.63) is 30.1 Å². The number of aromatic nitrogens is 2. The van der Waals surface area contributed by atoms with Crippen LogP contribution in [0, 0.1) is 0 Å². The van der Waals surface area contributed by atoms with Gasteiger partial charge in [0, 0.05) is 27.9 Å². The number of hydrogen-bond donors (Lipinski definition) is 0. The summed E-state index contributed by atoms with van der Waals surface area (Å²) in [6.07, 6.45) is 8.32. The highest BCUT2D eigenvalue weighted by Gasteiger charge is 2.11. The Labute approximate surface area is 139 Å². The van der Waals surface area contributed by atoms with Crippen molar-refractivity contribution in [1.29, 1.82) is 0 Å². The molecule has 0 atom stereocenters. The molecular formula is C17H20N2OS2. The third-order valence-corrected chi connectivity index (χ3v) is 5.59. The minimum absolute atomic E-state index is 0.805. The molecule has 3 nitrogen and oxygen atoms in total. The highest BCUT2D eigenvalue weighted by atomic mass is 32.1. The second-order valence-electron chi connectivity index (χ2n) is 5.27. The van der Waals surface area contributed by atoms with Gasteiger partial charge in [-0.15, -0.1) is 11.3 Å². The molecule has 0 spiro atoms. The Morgan fingerprint density at radius 2 is 1.77 bits per heavy atom. The fourth-order valence-electron chi connectivity index (χ4n) is 2.21. The predicted octanol–water partition coefficient (Wildman–Crippen LogP) is 5.55. The van der Waals surface area contributed by atoms with Crippen LogP contribution >= 0.6 is 22.7 Å². The third-order valence-electron chi connectivity index (χ3n) is 3.39. The van der Waals surface area contributed by atoms with Gasteiger partial charge in [-0.2, -0.15) is 0 Å². The van der Waals surface area contributed by atoms with E-state index in [1.807, 2.05) is 12.4 Å². The third kappa shape index (κ3) is 3.47. The van der Waals surface area contributed by atoms with Crippen LogP contribution < -0.4 is 4.74 Å². The molecule has 0 aliphatic carbocycles. The van der Waals surface area contributed by atoms with Crippen molar-refractivity contribution in [1.82, 2.24) is 9.97 Å². The smallest absolute Gasteiger partial charge is 0.175 e. The molecule has 0 saturated heterocycles. The number of unbranched alkanes of at least 4 members (excludes halogenated alkanes) is 1. The van der Waals surface area contributed by atoms with Crippen LogP contribution in [0.4, 0.5) is 0 Å². The van der Waals surface area contributed by atoms with Crippen LogP contribution in [0.25, 0.3) is 20.1 Å². The van der Waals surface area contributed by atoms with Crippen LogP contribution in [-0.4, -0.2) is 16.6 Å². The van der Waals surface area contributed by atoms with E-state index < -0.39 is 0 Å². The molecule has 0 amide bonds. The maximum atomic E-state index is 5.77. The molecule has 3 aromatic rings. The number of rotatable bonds is 7. The first kappa shape index (κ1) is 15.4. The number of nitrogens with zero attached hydrogens (tertiary/aromatic N) is 2. The molecule has 0 radical (unpaired) electrons. The van der Waals surface area contributed by atoms with Crippen molar-refractivity contribution in [2.45, 2.75) is 39.5 Å². The molecule has 3 aromatic heterocycles. The molecule has 3 heterocycles. The first-order valence-electron chi connectivity index (χ1n) is 7.77. The van der Waals surface area contributed by atoms with Gasteiger partial charge >= 0.3 is 0 Å². The molecule has 22 heavy (non-hydrogen) atoms. The molecule has 0 saturated carbocycles. The van der Waals surface area contributed by atoms with Crippen LogP contribution in [0.1, 0.15) is 38.7 Å². The quantitative estimate of drug-likeness (QED) is 0.532. The summed E-state index contributed by atoms with van der Waals surface area (Å²) < 4.78 is 8.29. The van der Waals surface area contributed by atoms with E-state index in [1.54, 1.807) is 22.7 Å². The fraction of sp³-hybridized carbons (Fsp3) is 0.412. The molecule has 116 valence electrons. The standard InChI is InChI=1S/C17H20N2OS2/c1-3-5-7-20-16-9-14-13(22-16)8-15(21-14)17-18-10-12(6-4-2)11-19-17/h8-11H,3-7H2,1-2H3. The number of ether oxygens (including phenoxy) is 1. The normalized spacial score (nSPS) is 11.2. The van der Waals surface area contributed by atoms with E-state index >= 15 is 0 Å². The topological polar surface area (TPSA) is 35.0 Å². The summed E-state index contributed by atoms with van der Waals surface area (Å²) >= 11 is 3.44. The Morgan fingerprint density at radius 1 is 1.00 bits per heavy atom. The molecule has 3 rings (SSSR count). The maximum absolute atomic E-state index is 5.77. The zero-order valence-electron chi connectivity index (χ0n) is 13.0. The monoisotopic (exact) mass is 332 g/mol. The molecule has 0 bridgehead atoms. The average molecular weight is 332 g/mol. The van der Waals surface area contributed by atoms with E-state index in [0.29, 0.717) is 0 Å². The second kappa shape index (κ2) is 7.20. The lowest BCUT2D eigenvalue weighted by atomic mass is 10.2. The van der Waals surface area contributed by atoms with E-state index in [1.165, 1.54) is 15.0 Å². The van der Waals surface area contributed by atoms with Gasteiger partial charge in [0.05, 0.1) is 11.5 Å². The average Bonchev–Trinajstić information content (AvgIpc) is 3.07. The highest BCUT2D eigenvalue weighted by molar-refractivity contribution is 7.30. The van der Waals surface area contributed by atoms with Gasteiger partial charge in [-0.1, -0.05) is 38.0 Å². The Bertz CT molecular complexity index is 699. The van der Waals surface area contributed by atoms with Crippen LogP contribution in [-0.2, 0) is 6.42 Å². The summed E-state index contributed by atoms with van der Waals surface area (Å²) in [5, 5.41) is 1.01. The minimum atomic E-state index is 0.805. The number of thiophene rings is 2. The summed E-state index contributed by atoms with van der Waals surface area (Å²) in [4.78, 5) is 10.1. The van der Waals surface area contributed by atoms with Crippen LogP contribution in [0.2, 0.25) is 0 Å². The van der Waals surface area contributed by atoms with Crippen molar-refractivity contribution < 1.29 is 4.74 Å². The summed E-state index contributed by atoms with van der Waals surface area (Å²) in [7, 11) is 0. The first-order chi connectivity index (χ1) is 10.8. The van der Waals surface area contributed by atoms with Crippen molar-refractivity contribution >= 4 is 32.1 Å². The lowest BCUT2D eigenvalue weighted by Crippen LogP contribution is -1.93. The zero-order chi connectivity index (χ0) is 15.4. The Hall–Kier alpha value is -1.46. The first-order valence-corrected chi connectivity index (χ1v) is 9.41. The largest absolute Gasteiger partial charge is 0.484 e. The van der Waals surface area contributed by atoms with Crippen molar-refractivity contribution in [2.75, 3.05) is 6.61 Å². The van der Waals surface area contributed by atoms with Crippen LogP contribution in [0.5, 0.6) is 5.06 Å². The van der Waals surface area contributed by atoms with Crippen molar-refractivity contribution in [2.24, 2.45) is 0 Å². The Morgan fingerprint density at radius 3 is 2.45 bits per heavy atom. The molecule has 0 aromatic carbocycles. The zero-order valence-corrected chi connectivity index (χ0v) is 14.6. The van der Waals surface area contributed by atoms with Crippen LogP contribution in [0.15, 0.2) is 24.5 Å². The van der Waals surface area contributed by atoms with Gasteiger partial charge in [0.15, 0.2) is 10.9 Å². The molecular weight excluding hydrogens is 312 g/mol. The van der Waals surface area contributed by atoms with Gasteiger partial charge < -0.3 is 4.74 Å². The lowest BCUT2D eigenvalue weighted by molar-refractivity contribution is 0.318. The molecule has 0 fully saturated rings. The predicted molar refractivity (Wildman–Crippen MR) is 95.1 cm³/mol. The van der Waals surface area contributed by atoms with E-state index in [9.17, 15) is 0 Å². The van der Waals surface area contributed by atoms with Crippen molar-refractivity contribution in [3.8, 4) is 15.8 Å². The SMILES string of the molecule is CCCCOc1cc2sc(-c3ncc(CCC)cn3)cc2s1. The fourth-order valence-corrected chi connectivity index (χ4v) is 4.42. The summed E-state index contributed by atoms with van der Waals surface area (Å²) in [6, 6.07) is 4.31. The van der Waals surface area contributed by atoms with Gasteiger partial charge in [-0.3, -0.25) is 0 Å². The molecule has 0 unspecified atom stereocenters. The van der Waals surface area contributed by atoms with E-state index in [2.05, 4.69) is 35.9 Å². The summed E-state index contributed by atoms with van der Waals surface area (Å²) in [5.74, 6) is 0.821. The van der Waals surface area contributed by atoms with Gasteiger partial charge in [0.1, 0.15) is 0 Å². The highest BCUT2D eigenvalue weighted by Crippen LogP contribution is 2.40. The Balaban J connectivity index is 1.75. The molecule has 0 aliphatic rings. The summed E-state index contributed by atoms with van der Waals surface area (Å²) in [6.45, 7) is 5.15. The van der Waals surface area contributed by atoms with Gasteiger partial charge in [0.2, 0.25) is 0 Å². The Kier molecular flexibility index (Phi) is 5.05. The van der Waals surface area contributed by atoms with Gasteiger partial charge in [0.25, 0.3) is 0 Å². The molecule has 0 aliphatic heterocycles. The number of aryl methyl sites for hydroxylation is 1. The number of fused-ring (bicyclic) bond motifs is 1. The maximum Gasteiger partial charge on any atom is 0.175 e. The second-order valence-corrected chi connectivity index (χ2v) is 7.40. The van der Waals surface area contributed by atoms with E-state index in [-0.39, 0.29) is 0 Å². The summed E-state index contributed by atoms with van der Waals surface area (Å²) in [5.41, 5.74) is 1.20. The number of hydrogen-bond acceptors (Lipinski definition) is 5. The van der Waals surface area contributed by atoms with Gasteiger partial charge in [-0.25, -0.2) is 9.97 Å². The molecule has 5 heteroatoms. The van der Waals surface area contributed by atoms with Crippen molar-refractivity contribution in [3.63, 3.8) is 0 Å².